The molecule has 0 radical (unpaired) electrons. The van der Waals surface area contributed by atoms with E-state index < -0.39 is 5.92 Å². The first kappa shape index (κ1) is 15.0. The molecule has 0 saturated carbocycles. The maximum atomic E-state index is 11.4. The maximum absolute atomic E-state index is 11.4. The van der Waals surface area contributed by atoms with Crippen LogP contribution in [0.4, 0.5) is 0 Å². The summed E-state index contributed by atoms with van der Waals surface area (Å²) in [5, 5.41) is 11.4. The van der Waals surface area contributed by atoms with Gasteiger partial charge in [-0.2, -0.15) is 0 Å². The molecule has 0 aliphatic carbocycles. The zero-order chi connectivity index (χ0) is 14.1. The summed E-state index contributed by atoms with van der Waals surface area (Å²) in [5.41, 5.74) is 1.14. The van der Waals surface area contributed by atoms with Crippen LogP contribution in [0.5, 0.6) is 5.75 Å². The lowest BCUT2D eigenvalue weighted by atomic mass is 10.0. The van der Waals surface area contributed by atoms with Crippen molar-refractivity contribution in [1.82, 2.24) is 0 Å². The van der Waals surface area contributed by atoms with Crippen LogP contribution in [0.25, 0.3) is 0 Å². The highest BCUT2D eigenvalue weighted by Gasteiger charge is 2.16. The molecule has 1 rings (SSSR count). The van der Waals surface area contributed by atoms with Gasteiger partial charge in [0.2, 0.25) is 0 Å². The highest BCUT2D eigenvalue weighted by molar-refractivity contribution is 5.89. The Kier molecular flexibility index (Phi) is 6.43. The number of aryl methyl sites for hydroxylation is 1. The van der Waals surface area contributed by atoms with E-state index in [1.54, 1.807) is 7.11 Å². The lowest BCUT2D eigenvalue weighted by Crippen LogP contribution is -2.17. The summed E-state index contributed by atoms with van der Waals surface area (Å²) < 4.78 is 9.79. The normalized spacial score (nSPS) is 12.3. The first-order valence-corrected chi connectivity index (χ1v) is 6.09. The zero-order valence-electron chi connectivity index (χ0n) is 11.2. The van der Waals surface area contributed by atoms with Crippen molar-refractivity contribution >= 4 is 12.2 Å². The third kappa shape index (κ3) is 4.99. The Morgan fingerprint density at radius 1 is 1.47 bits per heavy atom. The van der Waals surface area contributed by atoms with E-state index in [4.69, 9.17) is 9.94 Å². The van der Waals surface area contributed by atoms with Crippen LogP contribution in [-0.4, -0.2) is 31.6 Å². The number of ether oxygens (including phenoxy) is 2. The molecule has 0 amide bonds. The monoisotopic (exact) mass is 265 g/mol. The minimum atomic E-state index is -0.499. The van der Waals surface area contributed by atoms with Crippen molar-refractivity contribution < 1.29 is 19.5 Å². The van der Waals surface area contributed by atoms with Gasteiger partial charge in [-0.25, -0.2) is 0 Å². The number of hydrogen-bond donors (Lipinski definition) is 1. The van der Waals surface area contributed by atoms with Gasteiger partial charge in [0.1, 0.15) is 5.75 Å². The molecule has 19 heavy (non-hydrogen) atoms. The van der Waals surface area contributed by atoms with E-state index in [2.05, 4.69) is 9.89 Å². The molecule has 1 aromatic rings. The summed E-state index contributed by atoms with van der Waals surface area (Å²) in [6, 6.07) is 7.80. The van der Waals surface area contributed by atoms with Crippen molar-refractivity contribution in [3.8, 4) is 5.75 Å². The van der Waals surface area contributed by atoms with E-state index >= 15 is 0 Å². The second-order valence-electron chi connectivity index (χ2n) is 4.14. The van der Waals surface area contributed by atoms with Gasteiger partial charge in [-0.1, -0.05) is 12.1 Å². The van der Waals surface area contributed by atoms with Gasteiger partial charge in [0, 0.05) is 0 Å². The van der Waals surface area contributed by atoms with Crippen LogP contribution in [0.2, 0.25) is 0 Å². The molecule has 0 fully saturated rings. The van der Waals surface area contributed by atoms with Crippen molar-refractivity contribution in [2.45, 2.75) is 19.3 Å². The van der Waals surface area contributed by atoms with Gasteiger partial charge in [0.05, 0.1) is 26.4 Å². The lowest BCUT2D eigenvalue weighted by molar-refractivity contribution is -0.143. The standard InChI is InChI=1S/C14H19NO4/c1-18-13-8-4-6-11(9-13)5-3-7-12(10-15-17)14(16)19-2/h4,6,8-10,12,17H,3,5,7H2,1-2H3/b15-10-. The fourth-order valence-electron chi connectivity index (χ4n) is 1.84. The maximum Gasteiger partial charge on any atom is 0.314 e. The number of methoxy groups -OCH3 is 2. The molecular weight excluding hydrogens is 246 g/mol. The highest BCUT2D eigenvalue weighted by atomic mass is 16.5. The molecule has 0 heterocycles. The van der Waals surface area contributed by atoms with E-state index in [1.807, 2.05) is 24.3 Å². The van der Waals surface area contributed by atoms with Crippen molar-refractivity contribution in [3.05, 3.63) is 29.8 Å². The predicted octanol–water partition coefficient (Wildman–Crippen LogP) is 2.27. The third-order valence-electron chi connectivity index (χ3n) is 2.87. The predicted molar refractivity (Wildman–Crippen MR) is 71.7 cm³/mol. The van der Waals surface area contributed by atoms with Gasteiger partial charge in [-0.15, -0.1) is 5.16 Å². The van der Waals surface area contributed by atoms with Crippen molar-refractivity contribution in [1.29, 1.82) is 0 Å². The van der Waals surface area contributed by atoms with E-state index in [0.717, 1.165) is 24.2 Å². The Balaban J connectivity index is 2.49. The van der Waals surface area contributed by atoms with Gasteiger partial charge in [0.25, 0.3) is 0 Å². The average Bonchev–Trinajstić information content (AvgIpc) is 2.45. The van der Waals surface area contributed by atoms with Gasteiger partial charge in [0.15, 0.2) is 0 Å². The first-order valence-electron chi connectivity index (χ1n) is 6.09. The van der Waals surface area contributed by atoms with Crippen LogP contribution in [0.1, 0.15) is 18.4 Å². The number of hydrogen-bond acceptors (Lipinski definition) is 5. The number of oxime groups is 1. The van der Waals surface area contributed by atoms with E-state index in [-0.39, 0.29) is 5.97 Å². The molecular formula is C14H19NO4. The van der Waals surface area contributed by atoms with Crippen LogP contribution in [0.15, 0.2) is 29.4 Å². The topological polar surface area (TPSA) is 68.1 Å². The van der Waals surface area contributed by atoms with Crippen molar-refractivity contribution in [3.63, 3.8) is 0 Å². The molecule has 0 aliphatic heterocycles. The number of benzene rings is 1. The van der Waals surface area contributed by atoms with Crippen molar-refractivity contribution in [2.75, 3.05) is 14.2 Å². The van der Waals surface area contributed by atoms with Gasteiger partial charge >= 0.3 is 5.97 Å². The summed E-state index contributed by atoms with van der Waals surface area (Å²) >= 11 is 0. The highest BCUT2D eigenvalue weighted by Crippen LogP contribution is 2.16. The second kappa shape index (κ2) is 8.13. The van der Waals surface area contributed by atoms with Crippen LogP contribution in [0.3, 0.4) is 0 Å². The molecule has 0 saturated heterocycles. The summed E-state index contributed by atoms with van der Waals surface area (Å²) in [6.45, 7) is 0. The lowest BCUT2D eigenvalue weighted by Gasteiger charge is -2.09. The summed E-state index contributed by atoms with van der Waals surface area (Å²) in [4.78, 5) is 11.4. The molecule has 1 aromatic carbocycles. The largest absolute Gasteiger partial charge is 0.497 e. The Morgan fingerprint density at radius 2 is 2.26 bits per heavy atom. The van der Waals surface area contributed by atoms with Crippen LogP contribution in [0, 0.1) is 5.92 Å². The van der Waals surface area contributed by atoms with E-state index in [0.29, 0.717) is 6.42 Å². The number of esters is 1. The molecule has 1 atom stereocenters. The summed E-state index contributed by atoms with van der Waals surface area (Å²) in [7, 11) is 2.95. The molecule has 0 aliphatic rings. The van der Waals surface area contributed by atoms with Crippen LogP contribution in [-0.2, 0) is 16.0 Å². The molecule has 0 bridgehead atoms. The second-order valence-corrected chi connectivity index (χ2v) is 4.14. The Hall–Kier alpha value is -2.04. The SMILES string of the molecule is COC(=O)C(/C=N\O)CCCc1cccc(OC)c1. The smallest absolute Gasteiger partial charge is 0.314 e. The minimum Gasteiger partial charge on any atom is -0.497 e. The number of nitrogens with zero attached hydrogens (tertiary/aromatic N) is 1. The summed E-state index contributed by atoms with van der Waals surface area (Å²) in [5.74, 6) is -0.0667. The quantitative estimate of drug-likeness (QED) is 0.355. The Morgan fingerprint density at radius 3 is 2.89 bits per heavy atom. The van der Waals surface area contributed by atoms with Crippen molar-refractivity contribution in [2.24, 2.45) is 11.1 Å². The van der Waals surface area contributed by atoms with Gasteiger partial charge in [-0.05, 0) is 37.0 Å². The molecule has 104 valence electrons. The first-order chi connectivity index (χ1) is 9.21. The fraction of sp³-hybridized carbons (Fsp3) is 0.429. The van der Waals surface area contributed by atoms with E-state index in [1.165, 1.54) is 13.3 Å². The van der Waals surface area contributed by atoms with Crippen LogP contribution >= 0.6 is 0 Å². The number of rotatable bonds is 7. The minimum absolute atomic E-state index is 0.386. The van der Waals surface area contributed by atoms with Gasteiger partial charge < -0.3 is 14.7 Å². The summed E-state index contributed by atoms with van der Waals surface area (Å²) in [6.07, 6.45) is 3.40. The molecule has 0 aromatic heterocycles. The zero-order valence-corrected chi connectivity index (χ0v) is 11.2. The third-order valence-corrected chi connectivity index (χ3v) is 2.87. The Labute approximate surface area is 112 Å². The molecule has 1 N–H and O–H groups in total. The average molecular weight is 265 g/mol. The Bertz CT molecular complexity index is 431. The molecule has 1 unspecified atom stereocenters. The van der Waals surface area contributed by atoms with Gasteiger partial charge in [-0.3, -0.25) is 4.79 Å². The fourth-order valence-corrected chi connectivity index (χ4v) is 1.84. The molecule has 5 heteroatoms. The van der Waals surface area contributed by atoms with E-state index in [9.17, 15) is 4.79 Å². The molecule has 0 spiro atoms. The number of carbonyl (C=O) groups is 1. The number of carbonyl (C=O) groups excluding carboxylic acids is 1. The van der Waals surface area contributed by atoms with Crippen LogP contribution < -0.4 is 4.74 Å². The molecule has 5 nitrogen and oxygen atoms in total.